The fourth-order valence-electron chi connectivity index (χ4n) is 3.47. The summed E-state index contributed by atoms with van der Waals surface area (Å²) >= 11 is 6.12. The Morgan fingerprint density at radius 1 is 1.33 bits per heavy atom. The molecule has 8 heteroatoms. The van der Waals surface area contributed by atoms with E-state index in [1.165, 1.54) is 5.69 Å². The summed E-state index contributed by atoms with van der Waals surface area (Å²) < 4.78 is 5.81. The number of aliphatic imine (C=N–C) groups is 1. The molecule has 0 bridgehead atoms. The number of rotatable bonds is 5. The predicted molar refractivity (Wildman–Crippen MR) is 124 cm³/mol. The van der Waals surface area contributed by atoms with Crippen molar-refractivity contribution >= 4 is 47.2 Å². The van der Waals surface area contributed by atoms with Crippen LogP contribution >= 0.6 is 35.6 Å². The molecule has 1 aromatic rings. The van der Waals surface area contributed by atoms with E-state index in [2.05, 4.69) is 40.5 Å². The molecule has 2 aliphatic rings. The molecular formula is C19H31ClIN5O. The molecule has 0 amide bonds. The second-order valence-electron chi connectivity index (χ2n) is 7.03. The molecule has 6 nitrogen and oxygen atoms in total. The Morgan fingerprint density at radius 2 is 2.19 bits per heavy atom. The number of halogens is 2. The third kappa shape index (κ3) is 6.96. The summed E-state index contributed by atoms with van der Waals surface area (Å²) in [7, 11) is 2.13. The van der Waals surface area contributed by atoms with Crippen LogP contribution < -0.4 is 15.5 Å². The summed E-state index contributed by atoms with van der Waals surface area (Å²) in [5.74, 6) is 0.877. The van der Waals surface area contributed by atoms with Gasteiger partial charge in [0.1, 0.15) is 0 Å². The number of hydrogen-bond donors (Lipinski definition) is 2. The van der Waals surface area contributed by atoms with Crippen LogP contribution in [0.15, 0.2) is 29.3 Å². The van der Waals surface area contributed by atoms with E-state index in [1.54, 1.807) is 0 Å². The zero-order valence-electron chi connectivity index (χ0n) is 16.2. The van der Waals surface area contributed by atoms with E-state index in [0.29, 0.717) is 12.6 Å². The first-order chi connectivity index (χ1) is 12.6. The van der Waals surface area contributed by atoms with Gasteiger partial charge >= 0.3 is 0 Å². The lowest BCUT2D eigenvalue weighted by Crippen LogP contribution is -2.46. The van der Waals surface area contributed by atoms with Gasteiger partial charge in [-0.3, -0.25) is 4.99 Å². The fraction of sp³-hybridized carbons (Fsp3) is 0.632. The van der Waals surface area contributed by atoms with Crippen LogP contribution in [0.3, 0.4) is 0 Å². The second kappa shape index (κ2) is 11.3. The van der Waals surface area contributed by atoms with Crippen molar-refractivity contribution in [1.29, 1.82) is 0 Å². The number of anilines is 1. The van der Waals surface area contributed by atoms with E-state index < -0.39 is 0 Å². The minimum Gasteiger partial charge on any atom is -0.374 e. The summed E-state index contributed by atoms with van der Waals surface area (Å²) in [4.78, 5) is 9.41. The monoisotopic (exact) mass is 507 g/mol. The van der Waals surface area contributed by atoms with E-state index in [-0.39, 0.29) is 30.1 Å². The van der Waals surface area contributed by atoms with Crippen LogP contribution in [0.1, 0.15) is 13.3 Å². The van der Waals surface area contributed by atoms with Gasteiger partial charge < -0.3 is 25.2 Å². The molecule has 2 saturated heterocycles. The minimum absolute atomic E-state index is 0. The SMILES string of the molecule is CCNC(=NCC1CN(C)CCO1)NC1CCN(c2cccc(Cl)c2)C1.I. The normalized spacial score (nSPS) is 23.8. The first-order valence-electron chi connectivity index (χ1n) is 9.49. The molecule has 2 fully saturated rings. The van der Waals surface area contributed by atoms with Crippen LogP contribution in [-0.4, -0.2) is 75.9 Å². The summed E-state index contributed by atoms with van der Waals surface area (Å²) in [5.41, 5.74) is 1.18. The van der Waals surface area contributed by atoms with Crippen molar-refractivity contribution in [2.75, 3.05) is 57.8 Å². The average molecular weight is 508 g/mol. The lowest BCUT2D eigenvalue weighted by Gasteiger charge is -2.29. The first kappa shape index (κ1) is 22.5. The van der Waals surface area contributed by atoms with E-state index in [4.69, 9.17) is 21.3 Å². The minimum atomic E-state index is 0. The second-order valence-corrected chi connectivity index (χ2v) is 7.47. The Labute approximate surface area is 184 Å². The Morgan fingerprint density at radius 3 is 2.93 bits per heavy atom. The highest BCUT2D eigenvalue weighted by molar-refractivity contribution is 14.0. The molecular weight excluding hydrogens is 477 g/mol. The van der Waals surface area contributed by atoms with Crippen LogP contribution in [0.4, 0.5) is 5.69 Å². The van der Waals surface area contributed by atoms with Crippen LogP contribution in [-0.2, 0) is 4.74 Å². The third-order valence-corrected chi connectivity index (χ3v) is 5.08. The average Bonchev–Trinajstić information content (AvgIpc) is 3.09. The number of nitrogens with one attached hydrogen (secondary N) is 2. The Bertz CT molecular complexity index is 618. The molecule has 0 saturated carbocycles. The van der Waals surface area contributed by atoms with Crippen molar-refractivity contribution in [2.45, 2.75) is 25.5 Å². The van der Waals surface area contributed by atoms with Crippen molar-refractivity contribution in [2.24, 2.45) is 4.99 Å². The van der Waals surface area contributed by atoms with Gasteiger partial charge in [-0.25, -0.2) is 0 Å². The number of hydrogen-bond acceptors (Lipinski definition) is 4. The maximum absolute atomic E-state index is 6.12. The lowest BCUT2D eigenvalue weighted by molar-refractivity contribution is -0.0136. The zero-order valence-corrected chi connectivity index (χ0v) is 19.2. The summed E-state index contributed by atoms with van der Waals surface area (Å²) in [6.45, 7) is 8.33. The van der Waals surface area contributed by atoms with Gasteiger partial charge in [0.2, 0.25) is 0 Å². The molecule has 152 valence electrons. The Kier molecular flexibility index (Phi) is 9.41. The molecule has 0 radical (unpaired) electrons. The van der Waals surface area contributed by atoms with Gasteiger partial charge in [-0.15, -0.1) is 24.0 Å². The number of likely N-dealkylation sites (N-methyl/N-ethyl adjacent to an activating group) is 1. The maximum atomic E-state index is 6.12. The summed E-state index contributed by atoms with van der Waals surface area (Å²) in [6, 6.07) is 8.44. The molecule has 2 unspecified atom stereocenters. The largest absolute Gasteiger partial charge is 0.374 e. The van der Waals surface area contributed by atoms with Crippen LogP contribution in [0.25, 0.3) is 0 Å². The van der Waals surface area contributed by atoms with Crippen LogP contribution in [0.2, 0.25) is 5.02 Å². The van der Waals surface area contributed by atoms with E-state index in [1.807, 2.05) is 18.2 Å². The highest BCUT2D eigenvalue weighted by Crippen LogP contribution is 2.23. The van der Waals surface area contributed by atoms with Crippen LogP contribution in [0.5, 0.6) is 0 Å². The number of nitrogens with zero attached hydrogens (tertiary/aromatic N) is 3. The van der Waals surface area contributed by atoms with Crippen molar-refractivity contribution in [3.63, 3.8) is 0 Å². The predicted octanol–water partition coefficient (Wildman–Crippen LogP) is 2.42. The number of ether oxygens (including phenoxy) is 1. The van der Waals surface area contributed by atoms with Gasteiger partial charge in [0.25, 0.3) is 0 Å². The molecule has 1 aromatic carbocycles. The number of benzene rings is 1. The standard InChI is InChI=1S/C19H30ClN5O.HI/c1-3-21-19(22-12-18-14-24(2)9-10-26-18)23-16-7-8-25(13-16)17-6-4-5-15(20)11-17;/h4-6,11,16,18H,3,7-10,12-14H2,1-2H3,(H2,21,22,23);1H. The first-order valence-corrected chi connectivity index (χ1v) is 9.87. The fourth-order valence-corrected chi connectivity index (χ4v) is 3.65. The molecule has 2 N–H and O–H groups in total. The molecule has 27 heavy (non-hydrogen) atoms. The highest BCUT2D eigenvalue weighted by atomic mass is 127. The lowest BCUT2D eigenvalue weighted by atomic mass is 10.2. The molecule has 0 spiro atoms. The topological polar surface area (TPSA) is 52.1 Å². The summed E-state index contributed by atoms with van der Waals surface area (Å²) in [5, 5.41) is 7.71. The van der Waals surface area contributed by atoms with E-state index in [9.17, 15) is 0 Å². The van der Waals surface area contributed by atoms with Gasteiger partial charge in [-0.05, 0) is 38.6 Å². The molecule has 2 heterocycles. The molecule has 3 rings (SSSR count). The smallest absolute Gasteiger partial charge is 0.191 e. The van der Waals surface area contributed by atoms with Crippen molar-refractivity contribution in [3.05, 3.63) is 29.3 Å². The number of morpholine rings is 1. The van der Waals surface area contributed by atoms with Gasteiger partial charge in [0.05, 0.1) is 19.3 Å². The van der Waals surface area contributed by atoms with Gasteiger partial charge in [-0.1, -0.05) is 17.7 Å². The van der Waals surface area contributed by atoms with Gasteiger partial charge in [0, 0.05) is 49.5 Å². The molecule has 2 aliphatic heterocycles. The van der Waals surface area contributed by atoms with E-state index >= 15 is 0 Å². The third-order valence-electron chi connectivity index (χ3n) is 4.84. The molecule has 0 aromatic heterocycles. The van der Waals surface area contributed by atoms with Crippen molar-refractivity contribution in [3.8, 4) is 0 Å². The molecule has 0 aliphatic carbocycles. The quantitative estimate of drug-likeness (QED) is 0.364. The zero-order chi connectivity index (χ0) is 18.4. The highest BCUT2D eigenvalue weighted by Gasteiger charge is 2.24. The Balaban J connectivity index is 0.00000261. The Hall–Kier alpha value is -0.770. The van der Waals surface area contributed by atoms with Crippen molar-refractivity contribution < 1.29 is 4.74 Å². The van der Waals surface area contributed by atoms with Gasteiger partial charge in [0.15, 0.2) is 5.96 Å². The molecule has 2 atom stereocenters. The summed E-state index contributed by atoms with van der Waals surface area (Å²) in [6.07, 6.45) is 1.26. The number of guanidine groups is 1. The van der Waals surface area contributed by atoms with Crippen molar-refractivity contribution in [1.82, 2.24) is 15.5 Å². The van der Waals surface area contributed by atoms with Crippen LogP contribution in [0, 0.1) is 0 Å². The van der Waals surface area contributed by atoms with Gasteiger partial charge in [-0.2, -0.15) is 0 Å². The van der Waals surface area contributed by atoms with E-state index in [0.717, 1.165) is 56.7 Å². The maximum Gasteiger partial charge on any atom is 0.191 e.